The van der Waals surface area contributed by atoms with Crippen LogP contribution in [0.25, 0.3) is 22.3 Å². The van der Waals surface area contributed by atoms with Crippen LogP contribution in [0.15, 0.2) is 30.3 Å². The monoisotopic (exact) mass is 694 g/mol. The number of carbonyl (C=O) groups excluding carboxylic acids is 1. The van der Waals surface area contributed by atoms with Gasteiger partial charge in [0.05, 0.1) is 37.1 Å². The number of fused-ring (bicyclic) bond motifs is 3. The zero-order valence-electron chi connectivity index (χ0n) is 30.3. The maximum absolute atomic E-state index is 13.5. The summed E-state index contributed by atoms with van der Waals surface area (Å²) in [7, 11) is 0.323. The maximum Gasteiger partial charge on any atom is 0.410 e. The van der Waals surface area contributed by atoms with Crippen LogP contribution in [0.3, 0.4) is 0 Å². The van der Waals surface area contributed by atoms with Gasteiger partial charge in [0.2, 0.25) is 0 Å². The zero-order valence-corrected chi connectivity index (χ0v) is 31.3. The maximum atomic E-state index is 13.5. The summed E-state index contributed by atoms with van der Waals surface area (Å²) in [5.74, 6) is 0.847. The number of piperidine rings is 1. The Balaban J connectivity index is 1.44. The lowest BCUT2D eigenvalue weighted by molar-refractivity contribution is -0.0832. The van der Waals surface area contributed by atoms with E-state index in [0.717, 1.165) is 67.0 Å². The van der Waals surface area contributed by atoms with E-state index in [-0.39, 0.29) is 37.0 Å². The summed E-state index contributed by atoms with van der Waals surface area (Å²) in [4.78, 5) is 15.4. The summed E-state index contributed by atoms with van der Waals surface area (Å²) in [6.45, 7) is 15.8. The van der Waals surface area contributed by atoms with E-state index >= 15 is 0 Å². The Morgan fingerprint density at radius 3 is 2.51 bits per heavy atom. The molecule has 12 heteroatoms. The Morgan fingerprint density at radius 1 is 1.08 bits per heavy atom. The molecule has 1 amide bonds. The van der Waals surface area contributed by atoms with Crippen LogP contribution in [-0.4, -0.2) is 98.0 Å². The van der Waals surface area contributed by atoms with Crippen molar-refractivity contribution >= 4 is 25.2 Å². The fourth-order valence-corrected chi connectivity index (χ4v) is 8.17. The SMILES string of the molecule is COCOc1ccccc1-c1cc2c(CC3CCCO3)c(C3C[C@H]4COC[C@@H](C3)N4C(=O)OC(C)(C)C)n(COCC[Si](C)(C)C)c2nn1. The molecule has 3 aliphatic heterocycles. The van der Waals surface area contributed by atoms with Crippen molar-refractivity contribution in [2.24, 2.45) is 0 Å². The van der Waals surface area contributed by atoms with E-state index in [1.54, 1.807) is 7.11 Å². The molecule has 268 valence electrons. The highest BCUT2D eigenvalue weighted by Crippen LogP contribution is 2.44. The van der Waals surface area contributed by atoms with Gasteiger partial charge in [-0.15, -0.1) is 10.2 Å². The first kappa shape index (κ1) is 35.8. The molecule has 4 atom stereocenters. The molecule has 3 saturated heterocycles. The number of ether oxygens (including phenoxy) is 6. The quantitative estimate of drug-likeness (QED) is 0.113. The van der Waals surface area contributed by atoms with Crippen molar-refractivity contribution in [1.29, 1.82) is 0 Å². The molecule has 49 heavy (non-hydrogen) atoms. The number of hydrogen-bond donors (Lipinski definition) is 0. The third-order valence-electron chi connectivity index (χ3n) is 9.63. The molecule has 3 aliphatic rings. The second-order valence-corrected chi connectivity index (χ2v) is 21.5. The Labute approximate surface area is 291 Å². The van der Waals surface area contributed by atoms with Gasteiger partial charge < -0.3 is 33.0 Å². The smallest absolute Gasteiger partial charge is 0.410 e. The normalized spacial score (nSPS) is 22.9. The molecule has 0 aliphatic carbocycles. The number of benzene rings is 1. The summed E-state index contributed by atoms with van der Waals surface area (Å²) in [5.41, 5.74) is 4.29. The highest BCUT2D eigenvalue weighted by atomic mass is 28.3. The minimum absolute atomic E-state index is 0.0892. The number of para-hydroxylation sites is 1. The topological polar surface area (TPSA) is 106 Å². The van der Waals surface area contributed by atoms with E-state index < -0.39 is 13.7 Å². The molecule has 0 saturated carbocycles. The molecule has 2 bridgehead atoms. The van der Waals surface area contributed by atoms with Gasteiger partial charge in [-0.3, -0.25) is 4.90 Å². The van der Waals surface area contributed by atoms with Gasteiger partial charge >= 0.3 is 6.09 Å². The molecular weight excluding hydrogens is 641 g/mol. The Bertz CT molecular complexity index is 1580. The van der Waals surface area contributed by atoms with Crippen LogP contribution < -0.4 is 4.74 Å². The first-order chi connectivity index (χ1) is 23.4. The first-order valence-electron chi connectivity index (χ1n) is 17.8. The minimum atomic E-state index is -1.29. The molecule has 0 N–H and O–H groups in total. The standard InChI is InChI=1S/C37H54N4O7Si/c1-37(2,3)48-36(42)41-26-17-25(18-27(41)22-45-21-26)34-30(19-28-11-10-14-46-28)31-20-32(29-12-8-9-13-33(29)47-24-43-4)38-39-35(31)40(34)23-44-15-16-49(5,6)7/h8-9,12-13,20,25-28H,10-11,14-19,21-24H2,1-7H3/t25?,26-,27+,28?. The van der Waals surface area contributed by atoms with Gasteiger partial charge in [-0.1, -0.05) is 31.8 Å². The van der Waals surface area contributed by atoms with Gasteiger partial charge in [-0.2, -0.15) is 0 Å². The van der Waals surface area contributed by atoms with Crippen molar-refractivity contribution in [3.8, 4) is 17.0 Å². The van der Waals surface area contributed by atoms with Gasteiger partial charge in [0, 0.05) is 57.4 Å². The van der Waals surface area contributed by atoms with Crippen LogP contribution in [0, 0.1) is 0 Å². The van der Waals surface area contributed by atoms with E-state index in [0.29, 0.717) is 32.3 Å². The van der Waals surface area contributed by atoms with Crippen LogP contribution >= 0.6 is 0 Å². The lowest BCUT2D eigenvalue weighted by atomic mass is 9.81. The van der Waals surface area contributed by atoms with Gasteiger partial charge in [-0.05, 0) is 76.3 Å². The van der Waals surface area contributed by atoms with E-state index in [2.05, 4.69) is 30.3 Å². The lowest BCUT2D eigenvalue weighted by Crippen LogP contribution is -2.59. The number of carbonyl (C=O) groups is 1. The van der Waals surface area contributed by atoms with Gasteiger partial charge in [0.15, 0.2) is 12.4 Å². The van der Waals surface area contributed by atoms with Crippen molar-refractivity contribution in [3.05, 3.63) is 41.6 Å². The molecule has 3 aromatic rings. The Morgan fingerprint density at radius 2 is 1.84 bits per heavy atom. The average molecular weight is 695 g/mol. The second kappa shape index (κ2) is 15.1. The molecular formula is C37H54N4O7Si. The van der Waals surface area contributed by atoms with Crippen LogP contribution in [0.5, 0.6) is 5.75 Å². The summed E-state index contributed by atoms with van der Waals surface area (Å²) in [5, 5.41) is 10.7. The third-order valence-corrected chi connectivity index (χ3v) is 11.3. The van der Waals surface area contributed by atoms with Crippen LogP contribution in [-0.2, 0) is 36.8 Å². The number of nitrogens with zero attached hydrogens (tertiary/aromatic N) is 4. The number of amides is 1. The lowest BCUT2D eigenvalue weighted by Gasteiger charge is -2.48. The van der Waals surface area contributed by atoms with Crippen molar-refractivity contribution in [1.82, 2.24) is 19.7 Å². The Hall–Kier alpha value is -3.03. The molecule has 11 nitrogen and oxygen atoms in total. The third kappa shape index (κ3) is 8.48. The van der Waals surface area contributed by atoms with Crippen molar-refractivity contribution in [3.63, 3.8) is 0 Å². The predicted octanol–water partition coefficient (Wildman–Crippen LogP) is 7.00. The van der Waals surface area contributed by atoms with Crippen molar-refractivity contribution in [2.45, 2.75) is 115 Å². The minimum Gasteiger partial charge on any atom is -0.467 e. The molecule has 2 unspecified atom stereocenters. The second-order valence-electron chi connectivity index (χ2n) is 15.9. The fourth-order valence-electron chi connectivity index (χ4n) is 7.41. The number of morpholine rings is 1. The summed E-state index contributed by atoms with van der Waals surface area (Å²) in [6, 6.07) is 10.9. The number of methoxy groups -OCH3 is 1. The average Bonchev–Trinajstić information content (AvgIpc) is 3.66. The molecule has 0 radical (unpaired) electrons. The number of aromatic nitrogens is 3. The molecule has 3 fully saturated rings. The zero-order chi connectivity index (χ0) is 34.8. The summed E-state index contributed by atoms with van der Waals surface area (Å²) >= 11 is 0. The van der Waals surface area contributed by atoms with Crippen LogP contribution in [0.4, 0.5) is 4.79 Å². The molecule has 0 spiro atoms. The molecule has 1 aromatic carbocycles. The van der Waals surface area contributed by atoms with E-state index in [4.69, 9.17) is 38.6 Å². The Kier molecular flexibility index (Phi) is 11.0. The van der Waals surface area contributed by atoms with Crippen LogP contribution in [0.1, 0.15) is 63.6 Å². The van der Waals surface area contributed by atoms with Gasteiger partial charge in [0.1, 0.15) is 18.1 Å². The highest BCUT2D eigenvalue weighted by Gasteiger charge is 2.45. The van der Waals surface area contributed by atoms with E-state index in [1.165, 1.54) is 11.3 Å². The number of rotatable bonds is 12. The summed E-state index contributed by atoms with van der Waals surface area (Å²) < 4.78 is 38.0. The van der Waals surface area contributed by atoms with Gasteiger partial charge in [0.25, 0.3) is 0 Å². The highest BCUT2D eigenvalue weighted by molar-refractivity contribution is 6.76. The predicted molar refractivity (Wildman–Crippen MR) is 191 cm³/mol. The van der Waals surface area contributed by atoms with Crippen molar-refractivity contribution in [2.75, 3.05) is 40.3 Å². The van der Waals surface area contributed by atoms with Crippen LogP contribution in [0.2, 0.25) is 25.7 Å². The first-order valence-corrected chi connectivity index (χ1v) is 21.5. The van der Waals surface area contributed by atoms with Gasteiger partial charge in [-0.25, -0.2) is 4.79 Å². The van der Waals surface area contributed by atoms with E-state index in [9.17, 15) is 4.79 Å². The molecule has 6 rings (SSSR count). The van der Waals surface area contributed by atoms with E-state index in [1.807, 2.05) is 49.9 Å². The molecule has 5 heterocycles. The van der Waals surface area contributed by atoms with Crippen molar-refractivity contribution < 1.29 is 33.2 Å². The molecule has 2 aromatic heterocycles. The number of hydrogen-bond acceptors (Lipinski definition) is 9. The summed E-state index contributed by atoms with van der Waals surface area (Å²) in [6.07, 6.45) is 4.24. The largest absolute Gasteiger partial charge is 0.467 e. The fraction of sp³-hybridized carbons (Fsp3) is 0.649.